The maximum absolute atomic E-state index is 13.2. The first kappa shape index (κ1) is 15.2. The average molecular weight is 303 g/mol. The lowest BCUT2D eigenvalue weighted by Crippen LogP contribution is -2.44. The highest BCUT2D eigenvalue weighted by molar-refractivity contribution is 5.17. The molecule has 1 aromatic carbocycles. The molecule has 1 saturated heterocycles. The van der Waals surface area contributed by atoms with E-state index in [4.69, 9.17) is 0 Å². The summed E-state index contributed by atoms with van der Waals surface area (Å²) in [6, 6.07) is 6.68. The molecule has 2 aromatic rings. The lowest BCUT2D eigenvalue weighted by molar-refractivity contribution is 0.0187. The molecule has 2 atom stereocenters. The number of β-amino-alcohol motifs (C(OH)–C–C–N with tert-alkyl or cyclic N) is 1. The van der Waals surface area contributed by atoms with Crippen LogP contribution in [-0.2, 0) is 20.0 Å². The monoisotopic (exact) mass is 303 g/mol. The van der Waals surface area contributed by atoms with Gasteiger partial charge in [-0.25, -0.2) is 4.39 Å². The molecule has 0 bridgehead atoms. The van der Waals surface area contributed by atoms with Gasteiger partial charge in [0.25, 0.3) is 0 Å². The molecule has 1 aliphatic heterocycles. The molecule has 0 unspecified atom stereocenters. The molecule has 1 N–H and O–H groups in total. The van der Waals surface area contributed by atoms with Crippen LogP contribution in [-0.4, -0.2) is 39.0 Å². The fourth-order valence-electron chi connectivity index (χ4n) is 3.21. The van der Waals surface area contributed by atoms with Crippen molar-refractivity contribution < 1.29 is 9.50 Å². The van der Waals surface area contributed by atoms with Crippen LogP contribution in [0.25, 0.3) is 0 Å². The molecule has 1 fully saturated rings. The fourth-order valence-corrected chi connectivity index (χ4v) is 3.21. The molecule has 1 aliphatic rings. The van der Waals surface area contributed by atoms with E-state index in [-0.39, 0.29) is 17.8 Å². The van der Waals surface area contributed by atoms with Gasteiger partial charge in [-0.1, -0.05) is 12.1 Å². The Morgan fingerprint density at radius 3 is 2.91 bits per heavy atom. The van der Waals surface area contributed by atoms with Crippen LogP contribution < -0.4 is 0 Å². The van der Waals surface area contributed by atoms with Crippen LogP contribution in [0.1, 0.15) is 17.5 Å². The van der Waals surface area contributed by atoms with Crippen LogP contribution in [0.4, 0.5) is 4.39 Å². The van der Waals surface area contributed by atoms with E-state index in [1.54, 1.807) is 16.8 Å². The smallest absolute Gasteiger partial charge is 0.123 e. The number of aromatic nitrogens is 2. The first-order chi connectivity index (χ1) is 10.6. The van der Waals surface area contributed by atoms with Crippen molar-refractivity contribution in [2.75, 3.05) is 13.1 Å². The van der Waals surface area contributed by atoms with Crippen molar-refractivity contribution in [3.63, 3.8) is 0 Å². The standard InChI is InChI=1S/C17H22FN3O/c1-20-10-14(9-19-20)11-21-6-5-15(17(22)12-21)7-13-3-2-4-16(18)8-13/h2-4,8-10,15,17,22H,5-7,11-12H2,1H3/t15-,17-/m1/s1. The van der Waals surface area contributed by atoms with Gasteiger partial charge in [0.2, 0.25) is 0 Å². The third-order valence-electron chi connectivity index (χ3n) is 4.36. The van der Waals surface area contributed by atoms with E-state index in [2.05, 4.69) is 10.00 Å². The summed E-state index contributed by atoms with van der Waals surface area (Å²) in [5.41, 5.74) is 2.13. The zero-order valence-electron chi connectivity index (χ0n) is 12.8. The van der Waals surface area contributed by atoms with Crippen LogP contribution in [0.5, 0.6) is 0 Å². The number of benzene rings is 1. The van der Waals surface area contributed by atoms with E-state index in [9.17, 15) is 9.50 Å². The van der Waals surface area contributed by atoms with Crippen LogP contribution in [0.2, 0.25) is 0 Å². The zero-order valence-corrected chi connectivity index (χ0v) is 12.8. The Morgan fingerprint density at radius 2 is 2.23 bits per heavy atom. The number of likely N-dealkylation sites (tertiary alicyclic amines) is 1. The summed E-state index contributed by atoms with van der Waals surface area (Å²) < 4.78 is 15.0. The highest BCUT2D eigenvalue weighted by Gasteiger charge is 2.27. The van der Waals surface area contributed by atoms with Gasteiger partial charge in [-0.3, -0.25) is 9.58 Å². The number of piperidine rings is 1. The summed E-state index contributed by atoms with van der Waals surface area (Å²) in [4.78, 5) is 2.25. The van der Waals surface area contributed by atoms with Crippen molar-refractivity contribution in [3.05, 3.63) is 53.6 Å². The van der Waals surface area contributed by atoms with Crippen molar-refractivity contribution in [1.29, 1.82) is 0 Å². The van der Waals surface area contributed by atoms with Gasteiger partial charge in [0.05, 0.1) is 12.3 Å². The summed E-state index contributed by atoms with van der Waals surface area (Å²) in [6.45, 7) is 2.43. The Bertz CT molecular complexity index is 628. The Labute approximate surface area is 130 Å². The molecule has 22 heavy (non-hydrogen) atoms. The second-order valence-corrected chi connectivity index (χ2v) is 6.21. The van der Waals surface area contributed by atoms with E-state index in [0.29, 0.717) is 6.54 Å². The molecule has 0 radical (unpaired) electrons. The van der Waals surface area contributed by atoms with Crippen molar-refractivity contribution in [2.45, 2.75) is 25.5 Å². The minimum absolute atomic E-state index is 0.201. The van der Waals surface area contributed by atoms with Crippen LogP contribution in [0.15, 0.2) is 36.7 Å². The molecule has 0 spiro atoms. The number of nitrogens with zero attached hydrogens (tertiary/aromatic N) is 3. The zero-order chi connectivity index (χ0) is 15.5. The quantitative estimate of drug-likeness (QED) is 0.939. The third-order valence-corrected chi connectivity index (χ3v) is 4.36. The second kappa shape index (κ2) is 6.58. The lowest BCUT2D eigenvalue weighted by Gasteiger charge is -2.35. The highest BCUT2D eigenvalue weighted by Crippen LogP contribution is 2.23. The van der Waals surface area contributed by atoms with Crippen molar-refractivity contribution in [3.8, 4) is 0 Å². The highest BCUT2D eigenvalue weighted by atomic mass is 19.1. The van der Waals surface area contributed by atoms with Gasteiger partial charge in [-0.2, -0.15) is 5.10 Å². The van der Waals surface area contributed by atoms with Gasteiger partial charge in [0.15, 0.2) is 0 Å². The van der Waals surface area contributed by atoms with Gasteiger partial charge in [-0.05, 0) is 43.0 Å². The fraction of sp³-hybridized carbons (Fsp3) is 0.471. The molecule has 3 rings (SSSR count). The van der Waals surface area contributed by atoms with E-state index >= 15 is 0 Å². The molecular formula is C17H22FN3O. The minimum atomic E-state index is -0.367. The maximum Gasteiger partial charge on any atom is 0.123 e. The van der Waals surface area contributed by atoms with Gasteiger partial charge in [-0.15, -0.1) is 0 Å². The largest absolute Gasteiger partial charge is 0.391 e. The normalized spacial score (nSPS) is 22.9. The molecule has 0 saturated carbocycles. The maximum atomic E-state index is 13.2. The Balaban J connectivity index is 1.55. The topological polar surface area (TPSA) is 41.3 Å². The predicted octanol–water partition coefficient (Wildman–Crippen LogP) is 1.98. The van der Waals surface area contributed by atoms with Crippen molar-refractivity contribution in [2.24, 2.45) is 13.0 Å². The summed E-state index contributed by atoms with van der Waals surface area (Å²) in [5.74, 6) is -0.00653. The Hall–Kier alpha value is -1.72. The van der Waals surface area contributed by atoms with Gasteiger partial charge >= 0.3 is 0 Å². The first-order valence-electron chi connectivity index (χ1n) is 7.72. The molecular weight excluding hydrogens is 281 g/mol. The first-order valence-corrected chi connectivity index (χ1v) is 7.72. The SMILES string of the molecule is Cn1cc(CN2CC[C@H](Cc3cccc(F)c3)[C@H](O)C2)cn1. The Kier molecular flexibility index (Phi) is 4.55. The molecule has 5 heteroatoms. The lowest BCUT2D eigenvalue weighted by atomic mass is 9.87. The minimum Gasteiger partial charge on any atom is -0.391 e. The number of halogens is 1. The number of hydrogen-bond acceptors (Lipinski definition) is 3. The molecule has 1 aromatic heterocycles. The number of aliphatic hydroxyl groups excluding tert-OH is 1. The molecule has 0 aliphatic carbocycles. The van der Waals surface area contributed by atoms with E-state index in [1.807, 2.05) is 25.5 Å². The molecule has 118 valence electrons. The van der Waals surface area contributed by atoms with Gasteiger partial charge in [0.1, 0.15) is 5.82 Å². The molecule has 2 heterocycles. The summed E-state index contributed by atoms with van der Waals surface area (Å²) in [6.07, 6.45) is 5.17. The van der Waals surface area contributed by atoms with Crippen LogP contribution >= 0.6 is 0 Å². The molecule has 4 nitrogen and oxygen atoms in total. The van der Waals surface area contributed by atoms with Gasteiger partial charge in [0, 0.05) is 31.9 Å². The Morgan fingerprint density at radius 1 is 1.36 bits per heavy atom. The predicted molar refractivity (Wildman–Crippen MR) is 82.7 cm³/mol. The summed E-state index contributed by atoms with van der Waals surface area (Å²) in [5, 5.41) is 14.6. The number of aryl methyl sites for hydroxylation is 1. The number of rotatable bonds is 4. The van der Waals surface area contributed by atoms with Crippen molar-refractivity contribution in [1.82, 2.24) is 14.7 Å². The summed E-state index contributed by atoms with van der Waals surface area (Å²) >= 11 is 0. The van der Waals surface area contributed by atoms with Crippen molar-refractivity contribution >= 4 is 0 Å². The molecule has 0 amide bonds. The third kappa shape index (κ3) is 3.72. The average Bonchev–Trinajstić information content (AvgIpc) is 2.87. The summed E-state index contributed by atoms with van der Waals surface area (Å²) in [7, 11) is 1.91. The number of aliphatic hydroxyl groups is 1. The van der Waals surface area contributed by atoms with Gasteiger partial charge < -0.3 is 5.11 Å². The van der Waals surface area contributed by atoms with E-state index < -0.39 is 0 Å². The van der Waals surface area contributed by atoms with E-state index in [0.717, 1.165) is 31.5 Å². The van der Waals surface area contributed by atoms with E-state index in [1.165, 1.54) is 11.6 Å². The second-order valence-electron chi connectivity index (χ2n) is 6.21. The van der Waals surface area contributed by atoms with Crippen LogP contribution in [0, 0.1) is 11.7 Å². The van der Waals surface area contributed by atoms with Crippen LogP contribution in [0.3, 0.4) is 0 Å². The number of hydrogen-bond donors (Lipinski definition) is 1.